The van der Waals surface area contributed by atoms with Crippen LogP contribution in [0.5, 0.6) is 0 Å². The average molecular weight is 242 g/mol. The lowest BCUT2D eigenvalue weighted by molar-refractivity contribution is 0.0875. The van der Waals surface area contributed by atoms with E-state index in [2.05, 4.69) is 20.9 Å². The van der Waals surface area contributed by atoms with Gasteiger partial charge >= 0.3 is 0 Å². The molecular formula is C14H18N4. The molecule has 0 spiro atoms. The molecule has 1 aromatic heterocycles. The lowest BCUT2D eigenvalue weighted by Crippen LogP contribution is -2.50. The molecule has 0 aliphatic carbocycles. The van der Waals surface area contributed by atoms with E-state index in [0.717, 1.165) is 25.2 Å². The van der Waals surface area contributed by atoms with Gasteiger partial charge < -0.3 is 0 Å². The summed E-state index contributed by atoms with van der Waals surface area (Å²) in [6.07, 6.45) is 6.16. The van der Waals surface area contributed by atoms with Crippen LogP contribution in [0.15, 0.2) is 24.5 Å². The summed E-state index contributed by atoms with van der Waals surface area (Å²) in [5, 5.41) is 9.44. The van der Waals surface area contributed by atoms with Crippen molar-refractivity contribution in [2.45, 2.75) is 24.9 Å². The zero-order chi connectivity index (χ0) is 12.4. The summed E-state index contributed by atoms with van der Waals surface area (Å²) in [5.74, 6) is 0. The second-order valence-electron chi connectivity index (χ2n) is 5.14. The van der Waals surface area contributed by atoms with Gasteiger partial charge in [-0.3, -0.25) is 14.8 Å². The summed E-state index contributed by atoms with van der Waals surface area (Å²) in [6, 6.07) is 6.87. The first-order valence-corrected chi connectivity index (χ1v) is 6.66. The fourth-order valence-corrected chi connectivity index (χ4v) is 3.15. The molecule has 0 aromatic carbocycles. The monoisotopic (exact) mass is 242 g/mol. The highest BCUT2D eigenvalue weighted by atomic mass is 15.3. The van der Waals surface area contributed by atoms with E-state index >= 15 is 0 Å². The normalized spacial score (nSPS) is 26.5. The Kier molecular flexibility index (Phi) is 3.26. The molecule has 2 aliphatic heterocycles. The van der Waals surface area contributed by atoms with E-state index < -0.39 is 0 Å². The van der Waals surface area contributed by atoms with Gasteiger partial charge in [-0.05, 0) is 25.5 Å². The third kappa shape index (κ3) is 2.12. The lowest BCUT2D eigenvalue weighted by Gasteiger charge is -2.39. The minimum Gasteiger partial charge on any atom is -0.298 e. The molecule has 2 unspecified atom stereocenters. The molecule has 1 aromatic rings. The Hall–Kier alpha value is -1.44. The fourth-order valence-electron chi connectivity index (χ4n) is 3.15. The zero-order valence-electron chi connectivity index (χ0n) is 10.5. The molecule has 2 fully saturated rings. The molecule has 0 radical (unpaired) electrons. The van der Waals surface area contributed by atoms with Crippen molar-refractivity contribution in [3.63, 3.8) is 0 Å². The van der Waals surface area contributed by atoms with Gasteiger partial charge in [-0.25, -0.2) is 0 Å². The van der Waals surface area contributed by atoms with Gasteiger partial charge in [0.05, 0.1) is 6.07 Å². The van der Waals surface area contributed by atoms with E-state index in [-0.39, 0.29) is 6.04 Å². The Bertz CT molecular complexity index is 439. The number of nitriles is 1. The molecule has 3 heterocycles. The Balaban J connectivity index is 1.75. The number of fused-ring (bicyclic) bond motifs is 1. The van der Waals surface area contributed by atoms with Gasteiger partial charge in [-0.1, -0.05) is 6.07 Å². The summed E-state index contributed by atoms with van der Waals surface area (Å²) in [4.78, 5) is 9.00. The Morgan fingerprint density at radius 1 is 1.39 bits per heavy atom. The van der Waals surface area contributed by atoms with Crippen LogP contribution in [0.4, 0.5) is 0 Å². The smallest absolute Gasteiger partial charge is 0.125 e. The van der Waals surface area contributed by atoms with Crippen molar-refractivity contribution < 1.29 is 0 Å². The van der Waals surface area contributed by atoms with Crippen LogP contribution < -0.4 is 0 Å². The molecule has 2 atom stereocenters. The van der Waals surface area contributed by atoms with E-state index in [1.165, 1.54) is 19.4 Å². The van der Waals surface area contributed by atoms with Crippen LogP contribution in [0, 0.1) is 11.3 Å². The SMILES string of the molecule is N#CC(c1cccnc1)N1CCN2CCCC2C1. The van der Waals surface area contributed by atoms with Crippen molar-refractivity contribution >= 4 is 0 Å². The standard InChI is InChI=1S/C14H18N4/c15-9-14(12-3-1-5-16-10-12)18-8-7-17-6-2-4-13(17)11-18/h1,3,5,10,13-14H,2,4,6-8,11H2. The fraction of sp³-hybridized carbons (Fsp3) is 0.571. The van der Waals surface area contributed by atoms with Gasteiger partial charge in [0, 0.05) is 43.6 Å². The maximum Gasteiger partial charge on any atom is 0.125 e. The van der Waals surface area contributed by atoms with Crippen molar-refractivity contribution in [1.29, 1.82) is 5.26 Å². The third-order valence-electron chi connectivity index (χ3n) is 4.11. The highest BCUT2D eigenvalue weighted by Gasteiger charge is 2.33. The van der Waals surface area contributed by atoms with Crippen LogP contribution in [0.25, 0.3) is 0 Å². The molecular weight excluding hydrogens is 224 g/mol. The number of rotatable bonds is 2. The van der Waals surface area contributed by atoms with Crippen LogP contribution in [-0.4, -0.2) is 47.0 Å². The molecule has 4 nitrogen and oxygen atoms in total. The highest BCUT2D eigenvalue weighted by molar-refractivity contribution is 5.21. The molecule has 2 saturated heterocycles. The Morgan fingerprint density at radius 3 is 3.11 bits per heavy atom. The first-order chi connectivity index (χ1) is 8.88. The summed E-state index contributed by atoms with van der Waals surface area (Å²) in [7, 11) is 0. The first kappa shape index (κ1) is 11.6. The topological polar surface area (TPSA) is 43.2 Å². The molecule has 18 heavy (non-hydrogen) atoms. The van der Waals surface area contributed by atoms with Crippen molar-refractivity contribution in [2.24, 2.45) is 0 Å². The summed E-state index contributed by atoms with van der Waals surface area (Å²) in [5.41, 5.74) is 1.02. The Labute approximate surface area is 108 Å². The minimum absolute atomic E-state index is 0.138. The molecule has 0 saturated carbocycles. The summed E-state index contributed by atoms with van der Waals surface area (Å²) < 4.78 is 0. The molecule has 4 heteroatoms. The highest BCUT2D eigenvalue weighted by Crippen LogP contribution is 2.27. The molecule has 2 aliphatic rings. The first-order valence-electron chi connectivity index (χ1n) is 6.66. The molecule has 0 N–H and O–H groups in total. The van der Waals surface area contributed by atoms with Crippen molar-refractivity contribution in [1.82, 2.24) is 14.8 Å². The summed E-state index contributed by atoms with van der Waals surface area (Å²) in [6.45, 7) is 4.35. The van der Waals surface area contributed by atoms with Gasteiger partial charge in [0.1, 0.15) is 6.04 Å². The van der Waals surface area contributed by atoms with Crippen molar-refractivity contribution in [2.75, 3.05) is 26.2 Å². The number of pyridine rings is 1. The van der Waals surface area contributed by atoms with Crippen LogP contribution >= 0.6 is 0 Å². The minimum atomic E-state index is -0.138. The van der Waals surface area contributed by atoms with Gasteiger partial charge in [0.2, 0.25) is 0 Å². The van der Waals surface area contributed by atoms with Gasteiger partial charge in [0.15, 0.2) is 0 Å². The quantitative estimate of drug-likeness (QED) is 0.787. The predicted molar refractivity (Wildman–Crippen MR) is 68.8 cm³/mol. The third-order valence-corrected chi connectivity index (χ3v) is 4.11. The van der Waals surface area contributed by atoms with E-state index in [1.54, 1.807) is 6.20 Å². The van der Waals surface area contributed by atoms with Crippen LogP contribution in [0.3, 0.4) is 0 Å². The number of nitrogens with zero attached hydrogens (tertiary/aromatic N) is 4. The van der Waals surface area contributed by atoms with Gasteiger partial charge in [0.25, 0.3) is 0 Å². The second-order valence-corrected chi connectivity index (χ2v) is 5.14. The summed E-state index contributed by atoms with van der Waals surface area (Å²) >= 11 is 0. The largest absolute Gasteiger partial charge is 0.298 e. The molecule has 3 rings (SSSR count). The van der Waals surface area contributed by atoms with E-state index in [1.807, 2.05) is 18.3 Å². The zero-order valence-corrected chi connectivity index (χ0v) is 10.5. The van der Waals surface area contributed by atoms with Crippen LogP contribution in [-0.2, 0) is 0 Å². The average Bonchev–Trinajstić information content (AvgIpc) is 2.88. The maximum atomic E-state index is 9.44. The molecule has 0 bridgehead atoms. The molecule has 94 valence electrons. The van der Waals surface area contributed by atoms with Gasteiger partial charge in [-0.15, -0.1) is 0 Å². The number of piperazine rings is 1. The van der Waals surface area contributed by atoms with Crippen LogP contribution in [0.2, 0.25) is 0 Å². The van der Waals surface area contributed by atoms with E-state index in [9.17, 15) is 5.26 Å². The van der Waals surface area contributed by atoms with Crippen molar-refractivity contribution in [3.05, 3.63) is 30.1 Å². The van der Waals surface area contributed by atoms with E-state index in [4.69, 9.17) is 0 Å². The predicted octanol–water partition coefficient (Wildman–Crippen LogP) is 1.43. The lowest BCUT2D eigenvalue weighted by atomic mass is 10.1. The van der Waals surface area contributed by atoms with Gasteiger partial charge in [-0.2, -0.15) is 5.26 Å². The number of hydrogen-bond donors (Lipinski definition) is 0. The van der Waals surface area contributed by atoms with Crippen LogP contribution in [0.1, 0.15) is 24.4 Å². The number of aromatic nitrogens is 1. The Morgan fingerprint density at radius 2 is 2.33 bits per heavy atom. The second kappa shape index (κ2) is 5.05. The maximum absolute atomic E-state index is 9.44. The molecule has 0 amide bonds. The number of hydrogen-bond acceptors (Lipinski definition) is 4. The van der Waals surface area contributed by atoms with Crippen molar-refractivity contribution in [3.8, 4) is 6.07 Å². The van der Waals surface area contributed by atoms with E-state index in [0.29, 0.717) is 6.04 Å².